The van der Waals surface area contributed by atoms with Crippen molar-refractivity contribution in [1.82, 2.24) is 4.90 Å². The minimum atomic E-state index is 0.250. The van der Waals surface area contributed by atoms with Crippen molar-refractivity contribution >= 4 is 0 Å². The minimum absolute atomic E-state index is 0.250. The topological polar surface area (TPSA) is 102 Å². The molecule has 0 radical (unpaired) electrons. The Morgan fingerprint density at radius 2 is 1.42 bits per heavy atom. The molecule has 0 amide bonds. The minimum Gasteiger partial charge on any atom is -0.397 e. The molecule has 7 N–H and O–H groups in total. The van der Waals surface area contributed by atoms with Gasteiger partial charge >= 0.3 is 0 Å². The van der Waals surface area contributed by atoms with Crippen LogP contribution in [0.1, 0.15) is 6.92 Å². The first-order valence-corrected chi connectivity index (χ1v) is 4.20. The summed E-state index contributed by atoms with van der Waals surface area (Å²) in [7, 11) is 0. The van der Waals surface area contributed by atoms with Crippen LogP contribution in [0.5, 0.6) is 0 Å². The van der Waals surface area contributed by atoms with E-state index in [1.165, 1.54) is 0 Å². The lowest BCUT2D eigenvalue weighted by atomic mass is 10.5. The second kappa shape index (κ2) is 13.4. The van der Waals surface area contributed by atoms with Crippen molar-refractivity contribution in [3.05, 3.63) is 0 Å². The average molecular weight is 178 g/mol. The van der Waals surface area contributed by atoms with Crippen LogP contribution in [0.25, 0.3) is 0 Å². The van der Waals surface area contributed by atoms with Gasteiger partial charge in [-0.05, 0) is 6.92 Å². The molecule has 12 heavy (non-hydrogen) atoms. The van der Waals surface area contributed by atoms with Gasteiger partial charge in [-0.25, -0.2) is 0 Å². The molecule has 0 spiro atoms. The van der Waals surface area contributed by atoms with Gasteiger partial charge in [-0.15, -0.1) is 0 Å². The van der Waals surface area contributed by atoms with Crippen LogP contribution in [-0.2, 0) is 0 Å². The molecule has 0 bridgehead atoms. The van der Waals surface area contributed by atoms with Gasteiger partial charge in [-0.3, -0.25) is 4.90 Å². The SMILES string of the molecule is CCO.NCCN(CN)CCN. The Morgan fingerprint density at radius 1 is 1.08 bits per heavy atom. The number of nitrogens with zero attached hydrogens (tertiary/aromatic N) is 1. The van der Waals surface area contributed by atoms with E-state index in [1.807, 2.05) is 4.90 Å². The zero-order valence-corrected chi connectivity index (χ0v) is 7.87. The van der Waals surface area contributed by atoms with E-state index in [1.54, 1.807) is 6.92 Å². The van der Waals surface area contributed by atoms with E-state index in [9.17, 15) is 0 Å². The van der Waals surface area contributed by atoms with Gasteiger partial charge < -0.3 is 22.3 Å². The van der Waals surface area contributed by atoms with Crippen LogP contribution in [0.2, 0.25) is 0 Å². The molecule has 0 aliphatic heterocycles. The van der Waals surface area contributed by atoms with Crippen molar-refractivity contribution in [2.24, 2.45) is 17.2 Å². The van der Waals surface area contributed by atoms with E-state index in [-0.39, 0.29) is 6.61 Å². The molecule has 0 aliphatic carbocycles. The molecule has 0 aromatic heterocycles. The van der Waals surface area contributed by atoms with Gasteiger partial charge in [0, 0.05) is 39.5 Å². The standard InChI is InChI=1S/C5H16N4.C2H6O/c6-1-3-9(5-8)4-2-7;1-2-3/h1-8H2;3H,2H2,1H3. The molecular formula is C7H22N4O. The molecule has 0 unspecified atom stereocenters. The van der Waals surface area contributed by atoms with Gasteiger partial charge in [0.05, 0.1) is 0 Å². The van der Waals surface area contributed by atoms with Gasteiger partial charge in [0.15, 0.2) is 0 Å². The Hall–Kier alpha value is -0.200. The highest BCUT2D eigenvalue weighted by atomic mass is 16.2. The predicted octanol–water partition coefficient (Wildman–Crippen LogP) is -1.88. The molecule has 0 atom stereocenters. The van der Waals surface area contributed by atoms with E-state index < -0.39 is 0 Å². The van der Waals surface area contributed by atoms with E-state index in [0.29, 0.717) is 19.8 Å². The molecule has 0 fully saturated rings. The summed E-state index contributed by atoms with van der Waals surface area (Å²) in [5.74, 6) is 0. The summed E-state index contributed by atoms with van der Waals surface area (Å²) >= 11 is 0. The second-order valence-corrected chi connectivity index (χ2v) is 2.19. The van der Waals surface area contributed by atoms with Crippen LogP contribution in [0, 0.1) is 0 Å². The fraction of sp³-hybridized carbons (Fsp3) is 1.00. The summed E-state index contributed by atoms with van der Waals surface area (Å²) in [4.78, 5) is 2.01. The van der Waals surface area contributed by atoms with Crippen LogP contribution in [-0.4, -0.2) is 49.5 Å². The first-order chi connectivity index (χ1) is 5.76. The zero-order valence-electron chi connectivity index (χ0n) is 7.87. The Kier molecular flexibility index (Phi) is 16.0. The van der Waals surface area contributed by atoms with E-state index in [0.717, 1.165) is 13.1 Å². The summed E-state index contributed by atoms with van der Waals surface area (Å²) in [6.07, 6.45) is 0. The fourth-order valence-corrected chi connectivity index (χ4v) is 0.660. The van der Waals surface area contributed by atoms with Crippen molar-refractivity contribution in [2.45, 2.75) is 6.92 Å². The number of nitrogens with two attached hydrogens (primary N) is 3. The highest BCUT2D eigenvalue weighted by Crippen LogP contribution is 1.78. The van der Waals surface area contributed by atoms with Crippen LogP contribution in [0.4, 0.5) is 0 Å². The van der Waals surface area contributed by atoms with E-state index in [2.05, 4.69) is 0 Å². The molecular weight excluding hydrogens is 156 g/mol. The largest absolute Gasteiger partial charge is 0.397 e. The molecule has 0 saturated carbocycles. The zero-order chi connectivity index (χ0) is 9.82. The Labute approximate surface area is 74.5 Å². The third-order valence-corrected chi connectivity index (χ3v) is 1.15. The van der Waals surface area contributed by atoms with Crippen molar-refractivity contribution in [3.63, 3.8) is 0 Å². The molecule has 76 valence electrons. The second-order valence-electron chi connectivity index (χ2n) is 2.19. The lowest BCUT2D eigenvalue weighted by molar-refractivity contribution is 0.297. The lowest BCUT2D eigenvalue weighted by Crippen LogP contribution is -2.37. The maximum atomic E-state index is 7.57. The monoisotopic (exact) mass is 178 g/mol. The maximum Gasteiger partial charge on any atom is 0.0456 e. The Morgan fingerprint density at radius 3 is 1.58 bits per heavy atom. The summed E-state index contributed by atoms with van der Waals surface area (Å²) in [5, 5.41) is 7.57. The highest BCUT2D eigenvalue weighted by Gasteiger charge is 1.96. The maximum absolute atomic E-state index is 7.57. The predicted molar refractivity (Wildman–Crippen MR) is 51.5 cm³/mol. The third-order valence-electron chi connectivity index (χ3n) is 1.15. The van der Waals surface area contributed by atoms with Gasteiger partial charge in [-0.2, -0.15) is 0 Å². The first-order valence-electron chi connectivity index (χ1n) is 4.20. The third kappa shape index (κ3) is 12.5. The van der Waals surface area contributed by atoms with Gasteiger partial charge in [-0.1, -0.05) is 0 Å². The Balaban J connectivity index is 0. The van der Waals surface area contributed by atoms with Crippen molar-refractivity contribution in [2.75, 3.05) is 39.5 Å². The average Bonchev–Trinajstić information content (AvgIpc) is 2.05. The number of hydrogen-bond acceptors (Lipinski definition) is 5. The molecule has 0 aromatic carbocycles. The molecule has 0 heterocycles. The normalized spacial score (nSPS) is 9.50. The van der Waals surface area contributed by atoms with Crippen molar-refractivity contribution < 1.29 is 5.11 Å². The van der Waals surface area contributed by atoms with Gasteiger partial charge in [0.25, 0.3) is 0 Å². The molecule has 0 aliphatic rings. The van der Waals surface area contributed by atoms with Crippen molar-refractivity contribution in [1.29, 1.82) is 0 Å². The number of rotatable bonds is 5. The smallest absolute Gasteiger partial charge is 0.0456 e. The summed E-state index contributed by atoms with van der Waals surface area (Å²) in [5.41, 5.74) is 16.0. The fourth-order valence-electron chi connectivity index (χ4n) is 0.660. The van der Waals surface area contributed by atoms with Crippen LogP contribution < -0.4 is 17.2 Å². The van der Waals surface area contributed by atoms with Crippen LogP contribution >= 0.6 is 0 Å². The van der Waals surface area contributed by atoms with Gasteiger partial charge in [0.1, 0.15) is 0 Å². The first kappa shape index (κ1) is 14.3. The molecule has 5 nitrogen and oxygen atoms in total. The van der Waals surface area contributed by atoms with Crippen molar-refractivity contribution in [3.8, 4) is 0 Å². The molecule has 0 saturated heterocycles. The number of aliphatic hydroxyl groups is 1. The summed E-state index contributed by atoms with van der Waals surface area (Å²) < 4.78 is 0. The van der Waals surface area contributed by atoms with Crippen LogP contribution in [0.3, 0.4) is 0 Å². The lowest BCUT2D eigenvalue weighted by Gasteiger charge is -2.17. The summed E-state index contributed by atoms with van der Waals surface area (Å²) in [6, 6.07) is 0. The Bertz CT molecular complexity index is 66.4. The number of hydrogen-bond donors (Lipinski definition) is 4. The number of aliphatic hydroxyl groups excluding tert-OH is 1. The van der Waals surface area contributed by atoms with E-state index >= 15 is 0 Å². The summed E-state index contributed by atoms with van der Waals surface area (Å²) in [6.45, 7) is 5.46. The van der Waals surface area contributed by atoms with Crippen LogP contribution in [0.15, 0.2) is 0 Å². The highest BCUT2D eigenvalue weighted by molar-refractivity contribution is 4.54. The molecule has 0 aromatic rings. The molecule has 0 rings (SSSR count). The quantitative estimate of drug-likeness (QED) is 0.369. The van der Waals surface area contributed by atoms with E-state index in [4.69, 9.17) is 22.3 Å². The molecule has 5 heteroatoms. The van der Waals surface area contributed by atoms with Gasteiger partial charge in [0.2, 0.25) is 0 Å².